The number of aromatic nitrogens is 1. The molecule has 0 aliphatic carbocycles. The van der Waals surface area contributed by atoms with Crippen molar-refractivity contribution in [3.05, 3.63) is 47.9 Å². The largest absolute Gasteiger partial charge is 0.461 e. The van der Waals surface area contributed by atoms with Gasteiger partial charge in [-0.05, 0) is 48.7 Å². The van der Waals surface area contributed by atoms with Crippen molar-refractivity contribution in [1.82, 2.24) is 4.98 Å². The van der Waals surface area contributed by atoms with Gasteiger partial charge in [0.15, 0.2) is 0 Å². The molecule has 0 unspecified atom stereocenters. The number of esters is 1. The Morgan fingerprint density at radius 1 is 1.30 bits per heavy atom. The van der Waals surface area contributed by atoms with Gasteiger partial charge in [0.05, 0.1) is 17.2 Å². The molecule has 0 saturated carbocycles. The fourth-order valence-electron chi connectivity index (χ4n) is 2.01. The summed E-state index contributed by atoms with van der Waals surface area (Å²) in [6, 6.07) is 10.1. The minimum Gasteiger partial charge on any atom is -0.461 e. The molecule has 2 heterocycles. The van der Waals surface area contributed by atoms with E-state index in [9.17, 15) is 9.18 Å². The maximum Gasteiger partial charge on any atom is 0.354 e. The average molecular weight is 289 g/mol. The van der Waals surface area contributed by atoms with Crippen LogP contribution in [0.1, 0.15) is 17.4 Å². The molecule has 0 amide bonds. The molecule has 0 radical (unpaired) electrons. The van der Waals surface area contributed by atoms with E-state index in [4.69, 9.17) is 4.74 Å². The summed E-state index contributed by atoms with van der Waals surface area (Å²) in [6.07, 6.45) is 0. The van der Waals surface area contributed by atoms with Gasteiger partial charge >= 0.3 is 5.97 Å². The van der Waals surface area contributed by atoms with Gasteiger partial charge in [0.2, 0.25) is 0 Å². The predicted molar refractivity (Wildman–Crippen MR) is 77.5 cm³/mol. The number of carbonyl (C=O) groups excluding carboxylic acids is 1. The average Bonchev–Trinajstić information content (AvgIpc) is 3.04. The van der Waals surface area contributed by atoms with Crippen LogP contribution in [0.3, 0.4) is 0 Å². The van der Waals surface area contributed by atoms with Crippen molar-refractivity contribution in [2.45, 2.75) is 6.92 Å². The quantitative estimate of drug-likeness (QED) is 0.734. The Kier molecular flexibility index (Phi) is 3.28. The van der Waals surface area contributed by atoms with Crippen LogP contribution in [0.5, 0.6) is 0 Å². The normalized spacial score (nSPS) is 10.9. The van der Waals surface area contributed by atoms with E-state index in [1.807, 2.05) is 12.1 Å². The zero-order valence-electron chi connectivity index (χ0n) is 10.8. The molecule has 1 N–H and O–H groups in total. The molecule has 0 aliphatic heterocycles. The molecule has 1 aromatic carbocycles. The number of carbonyl (C=O) groups is 1. The Hall–Kier alpha value is -2.14. The topological polar surface area (TPSA) is 42.1 Å². The Labute approximate surface area is 119 Å². The summed E-state index contributed by atoms with van der Waals surface area (Å²) in [5, 5.41) is 0.859. The summed E-state index contributed by atoms with van der Waals surface area (Å²) in [6.45, 7) is 2.11. The zero-order chi connectivity index (χ0) is 14.1. The third-order valence-corrected chi connectivity index (χ3v) is 4.07. The van der Waals surface area contributed by atoms with Crippen LogP contribution in [0.2, 0.25) is 0 Å². The molecule has 20 heavy (non-hydrogen) atoms. The maximum absolute atomic E-state index is 13.2. The highest BCUT2D eigenvalue weighted by atomic mass is 32.1. The van der Waals surface area contributed by atoms with E-state index in [2.05, 4.69) is 4.98 Å². The number of rotatable bonds is 3. The van der Waals surface area contributed by atoms with Gasteiger partial charge in [-0.1, -0.05) is 0 Å². The van der Waals surface area contributed by atoms with Crippen molar-refractivity contribution in [1.29, 1.82) is 0 Å². The highest BCUT2D eigenvalue weighted by Gasteiger charge is 2.12. The molecule has 102 valence electrons. The number of ether oxygens (including phenoxy) is 1. The van der Waals surface area contributed by atoms with Gasteiger partial charge in [-0.3, -0.25) is 0 Å². The van der Waals surface area contributed by atoms with Gasteiger partial charge in [0, 0.05) is 4.70 Å². The van der Waals surface area contributed by atoms with E-state index in [-0.39, 0.29) is 11.8 Å². The molecule has 0 bridgehead atoms. The Morgan fingerprint density at radius 2 is 2.15 bits per heavy atom. The second kappa shape index (κ2) is 5.09. The Morgan fingerprint density at radius 3 is 2.95 bits per heavy atom. The molecule has 0 spiro atoms. The van der Waals surface area contributed by atoms with Crippen LogP contribution in [0, 0.1) is 5.82 Å². The van der Waals surface area contributed by atoms with E-state index >= 15 is 0 Å². The summed E-state index contributed by atoms with van der Waals surface area (Å²) in [7, 11) is 0. The van der Waals surface area contributed by atoms with E-state index < -0.39 is 0 Å². The van der Waals surface area contributed by atoms with Crippen molar-refractivity contribution in [3.8, 4) is 10.6 Å². The monoisotopic (exact) mass is 289 g/mol. The minimum atomic E-state index is -0.370. The first-order valence-electron chi connectivity index (χ1n) is 6.23. The van der Waals surface area contributed by atoms with Crippen LogP contribution in [0.25, 0.3) is 20.7 Å². The van der Waals surface area contributed by atoms with Gasteiger partial charge in [0.25, 0.3) is 0 Å². The predicted octanol–water partition coefficient (Wildman–Crippen LogP) is 4.21. The molecule has 0 saturated heterocycles. The van der Waals surface area contributed by atoms with Crippen molar-refractivity contribution in [2.75, 3.05) is 6.61 Å². The Bertz CT molecular complexity index is 775. The summed E-state index contributed by atoms with van der Waals surface area (Å²) in [5.74, 6) is -0.619. The van der Waals surface area contributed by atoms with E-state index in [1.165, 1.54) is 12.1 Å². The molecule has 3 rings (SSSR count). The second-order valence-electron chi connectivity index (χ2n) is 4.30. The zero-order valence-corrected chi connectivity index (χ0v) is 11.6. The second-order valence-corrected chi connectivity index (χ2v) is 5.38. The third-order valence-electron chi connectivity index (χ3n) is 2.93. The number of H-pyrrole nitrogens is 1. The number of benzene rings is 1. The number of hydrogen-bond acceptors (Lipinski definition) is 3. The smallest absolute Gasteiger partial charge is 0.354 e. The highest BCUT2D eigenvalue weighted by molar-refractivity contribution is 7.22. The molecule has 0 fully saturated rings. The highest BCUT2D eigenvalue weighted by Crippen LogP contribution is 2.33. The molecular weight excluding hydrogens is 277 g/mol. The SMILES string of the molecule is CCOC(=O)c1ccc(-c2cc3cc(F)ccc3s2)[nH]1. The lowest BCUT2D eigenvalue weighted by atomic mass is 10.2. The van der Waals surface area contributed by atoms with Crippen LogP contribution in [0.4, 0.5) is 4.39 Å². The lowest BCUT2D eigenvalue weighted by Crippen LogP contribution is -2.04. The first-order chi connectivity index (χ1) is 9.67. The molecule has 2 aromatic heterocycles. The lowest BCUT2D eigenvalue weighted by molar-refractivity contribution is 0.0520. The molecule has 0 atom stereocenters. The van der Waals surface area contributed by atoms with Crippen LogP contribution in [-0.4, -0.2) is 17.6 Å². The fourth-order valence-corrected chi connectivity index (χ4v) is 3.04. The maximum atomic E-state index is 13.2. The van der Waals surface area contributed by atoms with Gasteiger partial charge < -0.3 is 9.72 Å². The number of halogens is 1. The number of thiophene rings is 1. The van der Waals surface area contributed by atoms with Crippen LogP contribution >= 0.6 is 11.3 Å². The van der Waals surface area contributed by atoms with E-state index in [0.717, 1.165) is 20.7 Å². The van der Waals surface area contributed by atoms with Gasteiger partial charge in [-0.2, -0.15) is 0 Å². The number of hydrogen-bond donors (Lipinski definition) is 1. The number of nitrogens with one attached hydrogen (secondary N) is 1. The summed E-state index contributed by atoms with van der Waals surface area (Å²) < 4.78 is 19.1. The number of fused-ring (bicyclic) bond motifs is 1. The molecule has 3 nitrogen and oxygen atoms in total. The van der Waals surface area contributed by atoms with E-state index in [1.54, 1.807) is 30.4 Å². The summed E-state index contributed by atoms with van der Waals surface area (Å²) in [4.78, 5) is 15.6. The summed E-state index contributed by atoms with van der Waals surface area (Å²) >= 11 is 1.55. The Balaban J connectivity index is 1.96. The number of aromatic amines is 1. The molecular formula is C15H12FNO2S. The van der Waals surface area contributed by atoms with Crippen molar-refractivity contribution >= 4 is 27.4 Å². The fraction of sp³-hybridized carbons (Fsp3) is 0.133. The summed E-state index contributed by atoms with van der Waals surface area (Å²) in [5.41, 5.74) is 1.25. The molecule has 0 aliphatic rings. The first-order valence-corrected chi connectivity index (χ1v) is 7.04. The van der Waals surface area contributed by atoms with E-state index in [0.29, 0.717) is 12.3 Å². The van der Waals surface area contributed by atoms with Crippen molar-refractivity contribution in [2.24, 2.45) is 0 Å². The van der Waals surface area contributed by atoms with Gasteiger partial charge in [0.1, 0.15) is 11.5 Å². The standard InChI is InChI=1S/C15H12FNO2S/c1-2-19-15(18)12-5-4-11(17-12)14-8-9-7-10(16)3-6-13(9)20-14/h3-8,17H,2H2,1H3. The lowest BCUT2D eigenvalue weighted by Gasteiger charge is -1.97. The van der Waals surface area contributed by atoms with Crippen LogP contribution in [-0.2, 0) is 4.74 Å². The minimum absolute atomic E-state index is 0.249. The van der Waals surface area contributed by atoms with Crippen molar-refractivity contribution in [3.63, 3.8) is 0 Å². The molecule has 5 heteroatoms. The molecule has 3 aromatic rings. The van der Waals surface area contributed by atoms with Gasteiger partial charge in [-0.15, -0.1) is 11.3 Å². The first kappa shape index (κ1) is 12.9. The van der Waals surface area contributed by atoms with Crippen molar-refractivity contribution < 1.29 is 13.9 Å². The van der Waals surface area contributed by atoms with Crippen LogP contribution < -0.4 is 0 Å². The third kappa shape index (κ3) is 2.32. The van der Waals surface area contributed by atoms with Crippen LogP contribution in [0.15, 0.2) is 36.4 Å². The van der Waals surface area contributed by atoms with Gasteiger partial charge in [-0.25, -0.2) is 9.18 Å².